The van der Waals surface area contributed by atoms with Crippen molar-refractivity contribution in [1.29, 1.82) is 0 Å². The SMILES string of the molecule is CC(C)(C)OC(=O)N1CCC(Sc2ccc(Cl)nn2)C1. The highest BCUT2D eigenvalue weighted by Gasteiger charge is 2.30. The lowest BCUT2D eigenvalue weighted by Gasteiger charge is -2.24. The Bertz CT molecular complexity index is 475. The van der Waals surface area contributed by atoms with Crippen molar-refractivity contribution in [3.05, 3.63) is 17.3 Å². The second-order valence-electron chi connectivity index (χ2n) is 5.65. The van der Waals surface area contributed by atoms with Crippen LogP contribution in [0.2, 0.25) is 5.15 Å². The summed E-state index contributed by atoms with van der Waals surface area (Å²) in [4.78, 5) is 13.7. The number of aromatic nitrogens is 2. The van der Waals surface area contributed by atoms with Crippen LogP contribution in [0, 0.1) is 0 Å². The Kier molecular flexibility index (Phi) is 4.75. The molecule has 1 fully saturated rings. The van der Waals surface area contributed by atoms with Gasteiger partial charge >= 0.3 is 6.09 Å². The van der Waals surface area contributed by atoms with E-state index in [4.69, 9.17) is 16.3 Å². The molecule has 1 saturated heterocycles. The molecule has 0 spiro atoms. The summed E-state index contributed by atoms with van der Waals surface area (Å²) >= 11 is 7.32. The lowest BCUT2D eigenvalue weighted by atomic mass is 10.2. The normalized spacial score (nSPS) is 19.2. The quantitative estimate of drug-likeness (QED) is 0.838. The van der Waals surface area contributed by atoms with Crippen molar-refractivity contribution in [1.82, 2.24) is 15.1 Å². The van der Waals surface area contributed by atoms with Gasteiger partial charge in [0.25, 0.3) is 0 Å². The monoisotopic (exact) mass is 315 g/mol. The van der Waals surface area contributed by atoms with E-state index in [1.807, 2.05) is 26.8 Å². The maximum Gasteiger partial charge on any atom is 0.410 e. The van der Waals surface area contributed by atoms with Gasteiger partial charge in [-0.2, -0.15) is 0 Å². The first-order chi connectivity index (χ1) is 9.33. The predicted molar refractivity (Wildman–Crippen MR) is 79.1 cm³/mol. The van der Waals surface area contributed by atoms with E-state index in [0.29, 0.717) is 23.5 Å². The number of halogens is 1. The van der Waals surface area contributed by atoms with Gasteiger partial charge in [-0.1, -0.05) is 23.4 Å². The molecule has 1 aromatic heterocycles. The third-order valence-electron chi connectivity index (χ3n) is 2.69. The minimum absolute atomic E-state index is 0.247. The first kappa shape index (κ1) is 15.4. The first-order valence-electron chi connectivity index (χ1n) is 6.47. The van der Waals surface area contributed by atoms with E-state index in [1.54, 1.807) is 22.7 Å². The molecule has 7 heteroatoms. The molecule has 1 aromatic rings. The van der Waals surface area contributed by atoms with Gasteiger partial charge in [0, 0.05) is 18.3 Å². The van der Waals surface area contributed by atoms with Gasteiger partial charge in [0.15, 0.2) is 5.15 Å². The zero-order valence-corrected chi connectivity index (χ0v) is 13.4. The van der Waals surface area contributed by atoms with Crippen LogP contribution in [0.3, 0.4) is 0 Å². The first-order valence-corrected chi connectivity index (χ1v) is 7.73. The van der Waals surface area contributed by atoms with Gasteiger partial charge in [-0.15, -0.1) is 10.2 Å². The second-order valence-corrected chi connectivity index (χ2v) is 7.36. The van der Waals surface area contributed by atoms with Gasteiger partial charge in [0.2, 0.25) is 0 Å². The number of thioether (sulfide) groups is 1. The lowest BCUT2D eigenvalue weighted by molar-refractivity contribution is 0.0295. The fourth-order valence-corrected chi connectivity index (χ4v) is 3.01. The van der Waals surface area contributed by atoms with Crippen molar-refractivity contribution < 1.29 is 9.53 Å². The van der Waals surface area contributed by atoms with Crippen molar-refractivity contribution >= 4 is 29.5 Å². The number of amides is 1. The van der Waals surface area contributed by atoms with E-state index < -0.39 is 5.60 Å². The molecule has 0 aromatic carbocycles. The van der Waals surface area contributed by atoms with Crippen LogP contribution in [0.25, 0.3) is 0 Å². The molecule has 1 aliphatic rings. The minimum atomic E-state index is -0.454. The molecule has 20 heavy (non-hydrogen) atoms. The number of hydrogen-bond donors (Lipinski definition) is 0. The van der Waals surface area contributed by atoms with Crippen LogP contribution in [-0.2, 0) is 4.74 Å². The number of carbonyl (C=O) groups is 1. The Morgan fingerprint density at radius 3 is 2.80 bits per heavy atom. The Balaban J connectivity index is 1.86. The Morgan fingerprint density at radius 1 is 1.45 bits per heavy atom. The highest BCUT2D eigenvalue weighted by molar-refractivity contribution is 7.99. The fraction of sp³-hybridized carbons (Fsp3) is 0.615. The molecule has 0 aliphatic carbocycles. The van der Waals surface area contributed by atoms with Gasteiger partial charge in [-0.3, -0.25) is 0 Å². The third kappa shape index (κ3) is 4.52. The summed E-state index contributed by atoms with van der Waals surface area (Å²) in [5, 5.41) is 9.36. The van der Waals surface area contributed by atoms with Crippen molar-refractivity contribution in [3.63, 3.8) is 0 Å². The van der Waals surface area contributed by atoms with Crippen molar-refractivity contribution in [3.8, 4) is 0 Å². The molecule has 1 aliphatic heterocycles. The van der Waals surface area contributed by atoms with Crippen molar-refractivity contribution in [2.24, 2.45) is 0 Å². The van der Waals surface area contributed by atoms with Crippen molar-refractivity contribution in [2.45, 2.75) is 43.1 Å². The maximum atomic E-state index is 12.0. The van der Waals surface area contributed by atoms with Crippen molar-refractivity contribution in [2.75, 3.05) is 13.1 Å². The van der Waals surface area contributed by atoms with Crippen LogP contribution in [0.1, 0.15) is 27.2 Å². The van der Waals surface area contributed by atoms with E-state index in [0.717, 1.165) is 11.4 Å². The molecule has 0 N–H and O–H groups in total. The van der Waals surface area contributed by atoms with Gasteiger partial charge in [-0.05, 0) is 39.3 Å². The topological polar surface area (TPSA) is 55.3 Å². The number of likely N-dealkylation sites (tertiary alicyclic amines) is 1. The zero-order chi connectivity index (χ0) is 14.8. The number of hydrogen-bond acceptors (Lipinski definition) is 5. The van der Waals surface area contributed by atoms with Crippen LogP contribution < -0.4 is 0 Å². The van der Waals surface area contributed by atoms with E-state index >= 15 is 0 Å². The molecule has 1 amide bonds. The molecule has 0 radical (unpaired) electrons. The highest BCUT2D eigenvalue weighted by Crippen LogP contribution is 2.29. The summed E-state index contributed by atoms with van der Waals surface area (Å²) in [6.07, 6.45) is 0.677. The average Bonchev–Trinajstić information content (AvgIpc) is 2.79. The molecule has 1 atom stereocenters. The van der Waals surface area contributed by atoms with E-state index in [1.165, 1.54) is 0 Å². The van der Waals surface area contributed by atoms with Gasteiger partial charge in [-0.25, -0.2) is 4.79 Å². The van der Waals surface area contributed by atoms with Crippen LogP contribution in [0.5, 0.6) is 0 Å². The molecule has 2 rings (SSSR count). The largest absolute Gasteiger partial charge is 0.444 e. The van der Waals surface area contributed by atoms with Crippen LogP contribution in [-0.4, -0.2) is 45.1 Å². The molecule has 110 valence electrons. The van der Waals surface area contributed by atoms with Gasteiger partial charge in [0.1, 0.15) is 10.6 Å². The number of nitrogens with zero attached hydrogens (tertiary/aromatic N) is 3. The molecular formula is C13H18ClN3O2S. The Hall–Kier alpha value is -1.01. The van der Waals surface area contributed by atoms with E-state index in [-0.39, 0.29) is 6.09 Å². The second kappa shape index (κ2) is 6.18. The number of rotatable bonds is 2. The summed E-state index contributed by atoms with van der Waals surface area (Å²) in [6, 6.07) is 3.56. The van der Waals surface area contributed by atoms with E-state index in [9.17, 15) is 4.79 Å². The van der Waals surface area contributed by atoms with Gasteiger partial charge in [0.05, 0.1) is 0 Å². The molecule has 0 saturated carbocycles. The minimum Gasteiger partial charge on any atom is -0.444 e. The maximum absolute atomic E-state index is 12.0. The summed E-state index contributed by atoms with van der Waals surface area (Å²) < 4.78 is 5.37. The van der Waals surface area contributed by atoms with Gasteiger partial charge < -0.3 is 9.64 Å². The Morgan fingerprint density at radius 2 is 2.20 bits per heavy atom. The Labute approximate surface area is 128 Å². The molecule has 0 bridgehead atoms. The standard InChI is InChI=1S/C13H18ClN3O2S/c1-13(2,3)19-12(18)17-7-6-9(8-17)20-11-5-4-10(14)15-16-11/h4-5,9H,6-8H2,1-3H3. The zero-order valence-electron chi connectivity index (χ0n) is 11.8. The summed E-state index contributed by atoms with van der Waals surface area (Å²) in [6.45, 7) is 7.00. The molecule has 1 unspecified atom stereocenters. The van der Waals surface area contributed by atoms with Crippen LogP contribution >= 0.6 is 23.4 Å². The third-order valence-corrected chi connectivity index (χ3v) is 4.07. The van der Waals surface area contributed by atoms with Crippen LogP contribution in [0.15, 0.2) is 17.2 Å². The predicted octanol–water partition coefficient (Wildman–Crippen LogP) is 3.23. The summed E-state index contributed by atoms with van der Waals surface area (Å²) in [5.41, 5.74) is -0.454. The van der Waals surface area contributed by atoms with E-state index in [2.05, 4.69) is 10.2 Å². The highest BCUT2D eigenvalue weighted by atomic mass is 35.5. The van der Waals surface area contributed by atoms with Crippen LogP contribution in [0.4, 0.5) is 4.79 Å². The number of carbonyl (C=O) groups excluding carboxylic acids is 1. The fourth-order valence-electron chi connectivity index (χ4n) is 1.85. The molecular weight excluding hydrogens is 298 g/mol. The summed E-state index contributed by atoms with van der Waals surface area (Å²) in [5.74, 6) is 0. The molecule has 2 heterocycles. The average molecular weight is 316 g/mol. The molecule has 5 nitrogen and oxygen atoms in total. The smallest absolute Gasteiger partial charge is 0.410 e. The number of ether oxygens (including phenoxy) is 1. The summed E-state index contributed by atoms with van der Waals surface area (Å²) in [7, 11) is 0. The lowest BCUT2D eigenvalue weighted by Crippen LogP contribution is -2.35.